The minimum Gasteiger partial charge on any atom is -0.565 e. The predicted octanol–water partition coefficient (Wildman–Crippen LogP) is 1.55. The standard InChI is InChI=1S/C10H24N.CH2O3/c1-5-6-7-8-9-10-11(2,3)4;2-1(3)4/h5-10H2,1-4H3;(H2,2,3,4)/q+1;/p-1. The monoisotopic (exact) mass is 219 g/mol. The average Bonchev–Trinajstić information content (AvgIpc) is 2.01. The van der Waals surface area contributed by atoms with E-state index in [4.69, 9.17) is 15.0 Å². The molecule has 4 nitrogen and oxygen atoms in total. The molecule has 0 radical (unpaired) electrons. The van der Waals surface area contributed by atoms with E-state index in [2.05, 4.69) is 28.1 Å². The number of unbranched alkanes of at least 4 members (excludes halogenated alkanes) is 4. The fourth-order valence-corrected chi connectivity index (χ4v) is 1.19. The Morgan fingerprint density at radius 1 is 1.13 bits per heavy atom. The Bertz CT molecular complexity index is 148. The fraction of sp³-hybridized carbons (Fsp3) is 0.909. The molecule has 0 rings (SSSR count). The largest absolute Gasteiger partial charge is 0.565 e. The van der Waals surface area contributed by atoms with Gasteiger partial charge in [0.2, 0.25) is 6.16 Å². The number of nitrogens with zero attached hydrogens (tertiary/aromatic N) is 1. The Morgan fingerprint density at radius 2 is 1.53 bits per heavy atom. The van der Waals surface area contributed by atoms with Crippen molar-refractivity contribution < 1.29 is 19.5 Å². The number of hydrogen-bond donors (Lipinski definition) is 1. The summed E-state index contributed by atoms with van der Waals surface area (Å²) in [6.45, 7) is 3.59. The highest BCUT2D eigenvalue weighted by Gasteiger charge is 2.04. The molecule has 0 heterocycles. The van der Waals surface area contributed by atoms with Gasteiger partial charge in [0.15, 0.2) is 0 Å². The van der Waals surface area contributed by atoms with Gasteiger partial charge in [-0.3, -0.25) is 0 Å². The Kier molecular flexibility index (Phi) is 10.8. The van der Waals surface area contributed by atoms with Crippen molar-refractivity contribution >= 4 is 6.16 Å². The van der Waals surface area contributed by atoms with Crippen LogP contribution in [0.2, 0.25) is 0 Å². The third-order valence-corrected chi connectivity index (χ3v) is 1.93. The zero-order valence-corrected chi connectivity index (χ0v) is 10.5. The van der Waals surface area contributed by atoms with E-state index in [1.54, 1.807) is 0 Å². The minimum atomic E-state index is -2.08. The first-order valence-corrected chi connectivity index (χ1v) is 5.50. The Balaban J connectivity index is 0. The summed E-state index contributed by atoms with van der Waals surface area (Å²) in [5, 5.41) is 15.3. The van der Waals surface area contributed by atoms with E-state index < -0.39 is 6.16 Å². The maximum atomic E-state index is 8.44. The number of hydrogen-bond acceptors (Lipinski definition) is 2. The van der Waals surface area contributed by atoms with E-state index in [-0.39, 0.29) is 0 Å². The zero-order valence-electron chi connectivity index (χ0n) is 10.5. The van der Waals surface area contributed by atoms with Crippen molar-refractivity contribution in [2.45, 2.75) is 39.0 Å². The zero-order chi connectivity index (χ0) is 12.3. The summed E-state index contributed by atoms with van der Waals surface area (Å²) < 4.78 is 1.12. The summed E-state index contributed by atoms with van der Waals surface area (Å²) >= 11 is 0. The van der Waals surface area contributed by atoms with E-state index in [9.17, 15) is 0 Å². The first-order chi connectivity index (χ1) is 6.79. The number of carbonyl (C=O) groups is 1. The van der Waals surface area contributed by atoms with Crippen LogP contribution in [0.3, 0.4) is 0 Å². The number of rotatable bonds is 6. The number of quaternary nitrogens is 1. The second-order valence-corrected chi connectivity index (χ2v) is 4.69. The van der Waals surface area contributed by atoms with Crippen LogP contribution in [0, 0.1) is 0 Å². The molecule has 1 N–H and O–H groups in total. The molecule has 0 aromatic rings. The Morgan fingerprint density at radius 3 is 1.87 bits per heavy atom. The summed E-state index contributed by atoms with van der Waals surface area (Å²) in [4.78, 5) is 8.44. The van der Waals surface area contributed by atoms with Crippen LogP contribution in [0.5, 0.6) is 0 Å². The molecular weight excluding hydrogens is 194 g/mol. The van der Waals surface area contributed by atoms with E-state index in [0.717, 1.165) is 4.48 Å². The highest BCUT2D eigenvalue weighted by Crippen LogP contribution is 2.04. The van der Waals surface area contributed by atoms with Gasteiger partial charge in [0.1, 0.15) is 0 Å². The smallest absolute Gasteiger partial charge is 0.249 e. The maximum absolute atomic E-state index is 8.44. The fourth-order valence-electron chi connectivity index (χ4n) is 1.19. The van der Waals surface area contributed by atoms with Gasteiger partial charge in [-0.1, -0.05) is 26.2 Å². The summed E-state index contributed by atoms with van der Waals surface area (Å²) in [6.07, 6.45) is 4.92. The molecule has 15 heavy (non-hydrogen) atoms. The lowest BCUT2D eigenvalue weighted by Gasteiger charge is -2.23. The van der Waals surface area contributed by atoms with Crippen molar-refractivity contribution in [3.8, 4) is 0 Å². The molecule has 0 aliphatic heterocycles. The van der Waals surface area contributed by atoms with Gasteiger partial charge in [-0.15, -0.1) is 0 Å². The molecular formula is C11H25NO3. The van der Waals surface area contributed by atoms with E-state index in [1.165, 1.54) is 38.6 Å². The highest BCUT2D eigenvalue weighted by molar-refractivity contribution is 5.50. The molecule has 0 atom stereocenters. The molecule has 0 bridgehead atoms. The maximum Gasteiger partial charge on any atom is 0.249 e. The molecule has 0 saturated carbocycles. The molecule has 0 aromatic heterocycles. The van der Waals surface area contributed by atoms with E-state index in [1.807, 2.05) is 0 Å². The van der Waals surface area contributed by atoms with Gasteiger partial charge in [0, 0.05) is 0 Å². The molecule has 0 aromatic carbocycles. The third-order valence-electron chi connectivity index (χ3n) is 1.93. The molecule has 0 spiro atoms. The topological polar surface area (TPSA) is 60.4 Å². The molecule has 0 fully saturated rings. The van der Waals surface area contributed by atoms with Crippen LogP contribution in [-0.4, -0.2) is 43.4 Å². The molecule has 0 aliphatic carbocycles. The second kappa shape index (κ2) is 9.77. The van der Waals surface area contributed by atoms with Gasteiger partial charge in [0.25, 0.3) is 0 Å². The van der Waals surface area contributed by atoms with Gasteiger partial charge < -0.3 is 19.5 Å². The summed E-state index contributed by atoms with van der Waals surface area (Å²) in [6, 6.07) is 0. The van der Waals surface area contributed by atoms with Crippen LogP contribution in [0.1, 0.15) is 39.0 Å². The van der Waals surface area contributed by atoms with Crippen molar-refractivity contribution in [1.82, 2.24) is 0 Å². The molecule has 0 saturated heterocycles. The normalized spacial score (nSPS) is 10.4. The lowest BCUT2D eigenvalue weighted by Crippen LogP contribution is -2.35. The van der Waals surface area contributed by atoms with Crippen molar-refractivity contribution in [3.63, 3.8) is 0 Å². The molecule has 4 heteroatoms. The van der Waals surface area contributed by atoms with Crippen molar-refractivity contribution in [3.05, 3.63) is 0 Å². The van der Waals surface area contributed by atoms with Crippen molar-refractivity contribution in [1.29, 1.82) is 0 Å². The quantitative estimate of drug-likeness (QED) is 0.544. The van der Waals surface area contributed by atoms with Crippen LogP contribution in [0.4, 0.5) is 4.79 Å². The molecule has 0 amide bonds. The Labute approximate surface area is 93.1 Å². The molecule has 0 unspecified atom stereocenters. The van der Waals surface area contributed by atoms with Crippen molar-refractivity contribution in [2.75, 3.05) is 27.7 Å². The predicted molar refractivity (Wildman–Crippen MR) is 59.7 cm³/mol. The average molecular weight is 219 g/mol. The van der Waals surface area contributed by atoms with Crippen LogP contribution >= 0.6 is 0 Å². The molecule has 92 valence electrons. The lowest BCUT2D eigenvalue weighted by atomic mass is 10.1. The lowest BCUT2D eigenvalue weighted by molar-refractivity contribution is -0.870. The van der Waals surface area contributed by atoms with Gasteiger partial charge in [-0.05, 0) is 12.8 Å². The van der Waals surface area contributed by atoms with Crippen LogP contribution in [-0.2, 0) is 0 Å². The summed E-state index contributed by atoms with van der Waals surface area (Å²) in [7, 11) is 6.79. The van der Waals surface area contributed by atoms with Crippen LogP contribution < -0.4 is 5.11 Å². The second-order valence-electron chi connectivity index (χ2n) is 4.69. The Hall–Kier alpha value is -0.770. The van der Waals surface area contributed by atoms with Gasteiger partial charge >= 0.3 is 0 Å². The van der Waals surface area contributed by atoms with Gasteiger partial charge in [0.05, 0.1) is 27.7 Å². The minimum absolute atomic E-state index is 1.12. The molecule has 0 aliphatic rings. The van der Waals surface area contributed by atoms with Crippen LogP contribution in [0.25, 0.3) is 0 Å². The van der Waals surface area contributed by atoms with Crippen molar-refractivity contribution in [2.24, 2.45) is 0 Å². The van der Waals surface area contributed by atoms with E-state index in [0.29, 0.717) is 0 Å². The highest BCUT2D eigenvalue weighted by atomic mass is 16.6. The first-order valence-electron chi connectivity index (χ1n) is 5.50. The third kappa shape index (κ3) is 31.9. The van der Waals surface area contributed by atoms with Crippen LogP contribution in [0.15, 0.2) is 0 Å². The van der Waals surface area contributed by atoms with E-state index >= 15 is 0 Å². The first kappa shape index (κ1) is 16.7. The SMILES string of the molecule is CCCCCCC[N+](C)(C)C.O=C([O-])O. The van der Waals surface area contributed by atoms with Gasteiger partial charge in [-0.2, -0.15) is 0 Å². The van der Waals surface area contributed by atoms with Gasteiger partial charge in [-0.25, -0.2) is 0 Å². The summed E-state index contributed by atoms with van der Waals surface area (Å²) in [5.41, 5.74) is 0. The number of carboxylic acid groups (broad SMARTS) is 2. The summed E-state index contributed by atoms with van der Waals surface area (Å²) in [5.74, 6) is 0.